The monoisotopic (exact) mass is 502 g/mol. The van der Waals surface area contributed by atoms with Crippen LogP contribution in [0.25, 0.3) is 0 Å². The Kier molecular flexibility index (Phi) is 14.3. The van der Waals surface area contributed by atoms with Crippen LogP contribution in [0.5, 0.6) is 0 Å². The first-order valence-corrected chi connectivity index (χ1v) is 17.2. The zero-order chi connectivity index (χ0) is 24.1. The molecule has 0 N–H and O–H groups in total. The van der Waals surface area contributed by atoms with Crippen molar-refractivity contribution in [2.24, 2.45) is 17.8 Å². The van der Waals surface area contributed by atoms with Crippen molar-refractivity contribution in [3.63, 3.8) is 0 Å². The predicted octanol–water partition coefficient (Wildman–Crippen LogP) is 5.11. The van der Waals surface area contributed by atoms with Crippen LogP contribution in [0.4, 0.5) is 0 Å². The lowest BCUT2D eigenvalue weighted by Gasteiger charge is -2.46. The molecule has 3 fully saturated rings. The molecule has 0 spiro atoms. The van der Waals surface area contributed by atoms with Crippen LogP contribution in [0, 0.1) is 17.8 Å². The van der Waals surface area contributed by atoms with E-state index in [1.54, 1.807) is 7.11 Å². The van der Waals surface area contributed by atoms with Crippen LogP contribution in [-0.2, 0) is 23.1 Å². The summed E-state index contributed by atoms with van der Waals surface area (Å²) < 4.78 is 29.1. The molecule has 0 saturated carbocycles. The van der Waals surface area contributed by atoms with Gasteiger partial charge in [0.1, 0.15) is 10.5 Å². The molecule has 0 aliphatic carbocycles. The van der Waals surface area contributed by atoms with Gasteiger partial charge in [0.15, 0.2) is 8.32 Å². The van der Waals surface area contributed by atoms with Crippen molar-refractivity contribution in [2.45, 2.75) is 115 Å². The number of rotatable bonds is 16. The molecule has 3 heterocycles. The van der Waals surface area contributed by atoms with Gasteiger partial charge in [-0.05, 0) is 74.4 Å². The average Bonchev–Trinajstić information content (AvgIpc) is 2.65. The SMILES string of the molecule is CCCC(C[Si](CC(CCC)C1CCO1)(CC(CCC)C1CCO1)OC)C1CCO1.CO[SiH3]. The van der Waals surface area contributed by atoms with E-state index in [0.717, 1.165) is 30.3 Å². The summed E-state index contributed by atoms with van der Waals surface area (Å²) in [5.41, 5.74) is 0. The molecule has 6 atom stereocenters. The average molecular weight is 503 g/mol. The van der Waals surface area contributed by atoms with E-state index in [0.29, 0.717) is 36.1 Å². The van der Waals surface area contributed by atoms with Gasteiger partial charge >= 0.3 is 0 Å². The first kappa shape index (κ1) is 29.5. The van der Waals surface area contributed by atoms with E-state index in [9.17, 15) is 0 Å². The molecule has 5 nitrogen and oxygen atoms in total. The zero-order valence-electron chi connectivity index (χ0n) is 22.6. The van der Waals surface area contributed by atoms with Gasteiger partial charge in [0.2, 0.25) is 0 Å². The molecule has 3 aliphatic rings. The predicted molar refractivity (Wildman–Crippen MR) is 142 cm³/mol. The maximum atomic E-state index is 6.70. The fourth-order valence-electron chi connectivity index (χ4n) is 6.18. The van der Waals surface area contributed by atoms with Crippen LogP contribution in [0.2, 0.25) is 18.1 Å². The summed E-state index contributed by atoms with van der Waals surface area (Å²) in [4.78, 5) is 0. The first-order chi connectivity index (χ1) is 16.1. The molecule has 3 saturated heterocycles. The van der Waals surface area contributed by atoms with Gasteiger partial charge in [-0.25, -0.2) is 0 Å². The highest BCUT2D eigenvalue weighted by molar-refractivity contribution is 6.74. The van der Waals surface area contributed by atoms with Crippen LogP contribution < -0.4 is 0 Å². The van der Waals surface area contributed by atoms with E-state index >= 15 is 0 Å². The maximum Gasteiger partial charge on any atom is 0.193 e. The second-order valence-electron chi connectivity index (χ2n) is 10.6. The minimum Gasteiger partial charge on any atom is -0.431 e. The van der Waals surface area contributed by atoms with Crippen molar-refractivity contribution in [3.05, 3.63) is 0 Å². The lowest BCUT2D eigenvalue weighted by atomic mass is 9.93. The van der Waals surface area contributed by atoms with Crippen molar-refractivity contribution in [3.8, 4) is 0 Å². The standard InChI is InChI=1S/C25H48O4Si.CH6OSi/c1-5-8-20(23-11-14-27-23)17-30(26-4,18-21(9-6-2)24-12-15-28-24)19-22(10-7-3)25-13-16-29-25;1-2-3/h20-25H,5-19H2,1-4H3;1,3H3. The smallest absolute Gasteiger partial charge is 0.193 e. The zero-order valence-corrected chi connectivity index (χ0v) is 25.6. The Morgan fingerprint density at radius 2 is 0.970 bits per heavy atom. The van der Waals surface area contributed by atoms with E-state index in [2.05, 4.69) is 25.2 Å². The number of ether oxygens (including phenoxy) is 3. The number of hydrogen-bond acceptors (Lipinski definition) is 5. The Bertz CT molecular complexity index is 433. The second kappa shape index (κ2) is 16.1. The molecule has 0 aromatic rings. The van der Waals surface area contributed by atoms with Gasteiger partial charge in [-0.1, -0.05) is 40.0 Å². The lowest BCUT2D eigenvalue weighted by molar-refractivity contribution is -0.0884. The topological polar surface area (TPSA) is 46.2 Å². The normalized spacial score (nSPS) is 28.8. The fourth-order valence-corrected chi connectivity index (χ4v) is 11.4. The third-order valence-corrected chi connectivity index (χ3v) is 12.8. The molecule has 196 valence electrons. The van der Waals surface area contributed by atoms with Crippen LogP contribution in [0.1, 0.15) is 78.6 Å². The Hall–Kier alpha value is 0.234. The first-order valence-electron chi connectivity index (χ1n) is 13.9. The fraction of sp³-hybridized carbons (Fsp3) is 1.00. The van der Waals surface area contributed by atoms with E-state index in [4.69, 9.17) is 18.6 Å². The Labute approximate surface area is 208 Å². The van der Waals surface area contributed by atoms with E-state index in [1.807, 2.05) is 7.11 Å². The highest BCUT2D eigenvalue weighted by Gasteiger charge is 2.46. The van der Waals surface area contributed by atoms with Gasteiger partial charge in [-0.3, -0.25) is 0 Å². The number of hydrogen-bond donors (Lipinski definition) is 0. The molecule has 0 aromatic carbocycles. The minimum absolute atomic E-state index is 0.473. The molecule has 3 rings (SSSR count). The molecule has 0 aromatic heterocycles. The molecule has 33 heavy (non-hydrogen) atoms. The van der Waals surface area contributed by atoms with Crippen molar-refractivity contribution in [1.29, 1.82) is 0 Å². The van der Waals surface area contributed by atoms with Gasteiger partial charge in [0.05, 0.1) is 18.3 Å². The Morgan fingerprint density at radius 3 is 1.12 bits per heavy atom. The quantitative estimate of drug-likeness (QED) is 0.275. The van der Waals surface area contributed by atoms with Crippen molar-refractivity contribution >= 4 is 18.8 Å². The summed E-state index contributed by atoms with van der Waals surface area (Å²) in [6, 6.07) is 3.80. The third-order valence-electron chi connectivity index (χ3n) is 8.09. The van der Waals surface area contributed by atoms with Crippen LogP contribution in [-0.4, -0.2) is 71.2 Å². The molecule has 3 aliphatic heterocycles. The largest absolute Gasteiger partial charge is 0.431 e. The van der Waals surface area contributed by atoms with Gasteiger partial charge in [-0.2, -0.15) is 0 Å². The minimum atomic E-state index is -1.95. The maximum absolute atomic E-state index is 6.70. The Morgan fingerprint density at radius 1 is 0.697 bits per heavy atom. The van der Waals surface area contributed by atoms with Crippen molar-refractivity contribution in [2.75, 3.05) is 34.0 Å². The molecule has 6 unspecified atom stereocenters. The van der Waals surface area contributed by atoms with Gasteiger partial charge < -0.3 is 23.1 Å². The highest BCUT2D eigenvalue weighted by atomic mass is 28.4. The van der Waals surface area contributed by atoms with Gasteiger partial charge in [0, 0.05) is 34.0 Å². The summed E-state index contributed by atoms with van der Waals surface area (Å²) in [5, 5.41) is 0. The van der Waals surface area contributed by atoms with E-state index < -0.39 is 8.32 Å². The molecular weight excluding hydrogens is 448 g/mol. The van der Waals surface area contributed by atoms with Gasteiger partial charge in [0.25, 0.3) is 0 Å². The van der Waals surface area contributed by atoms with E-state index in [-0.39, 0.29) is 0 Å². The molecule has 0 amide bonds. The molecule has 0 bridgehead atoms. The van der Waals surface area contributed by atoms with Crippen LogP contribution in [0.15, 0.2) is 0 Å². The summed E-state index contributed by atoms with van der Waals surface area (Å²) >= 11 is 0. The molecule has 0 radical (unpaired) electrons. The highest BCUT2D eigenvalue weighted by Crippen LogP contribution is 2.43. The summed E-state index contributed by atoms with van der Waals surface area (Å²) in [7, 11) is 2.64. The lowest BCUT2D eigenvalue weighted by Crippen LogP contribution is -2.50. The van der Waals surface area contributed by atoms with E-state index in [1.165, 1.54) is 75.9 Å². The third kappa shape index (κ3) is 8.99. The summed E-state index contributed by atoms with van der Waals surface area (Å²) in [5.74, 6) is 2.01. The van der Waals surface area contributed by atoms with Crippen molar-refractivity contribution < 1.29 is 23.1 Å². The van der Waals surface area contributed by atoms with Gasteiger partial charge in [-0.15, -0.1) is 0 Å². The Balaban J connectivity index is 0.00000122. The molecule has 7 heteroatoms. The second-order valence-corrected chi connectivity index (χ2v) is 15.5. The molecular formula is C26H54O5Si2. The van der Waals surface area contributed by atoms with Crippen LogP contribution in [0.3, 0.4) is 0 Å². The summed E-state index contributed by atoms with van der Waals surface area (Å²) in [6.07, 6.45) is 12.7. The summed E-state index contributed by atoms with van der Waals surface area (Å²) in [6.45, 7) is 9.84. The van der Waals surface area contributed by atoms with Crippen LogP contribution >= 0.6 is 0 Å². The van der Waals surface area contributed by atoms with Crippen molar-refractivity contribution in [1.82, 2.24) is 0 Å².